The lowest BCUT2D eigenvalue weighted by atomic mass is 9.94. The van der Waals surface area contributed by atoms with Gasteiger partial charge >= 0.3 is 0 Å². The number of thiophene rings is 1. The molecule has 0 saturated carbocycles. The molecule has 0 aliphatic heterocycles. The maximum Gasteiger partial charge on any atom is 0.160 e. The lowest BCUT2D eigenvalue weighted by molar-refractivity contribution is 1.23. The van der Waals surface area contributed by atoms with Crippen LogP contribution >= 0.6 is 11.3 Å². The quantitative estimate of drug-likeness (QED) is 0.174. The molecule has 4 heteroatoms. The lowest BCUT2D eigenvalue weighted by Crippen LogP contribution is -1.95. The van der Waals surface area contributed by atoms with Gasteiger partial charge in [0.25, 0.3) is 0 Å². The number of pyridine rings is 1. The molecule has 0 amide bonds. The summed E-state index contributed by atoms with van der Waals surface area (Å²) >= 11 is 1.86. The minimum absolute atomic E-state index is 0.729. The van der Waals surface area contributed by atoms with Crippen LogP contribution < -0.4 is 0 Å². The first-order valence-corrected chi connectivity index (χ1v) is 18.6. The smallest absolute Gasteiger partial charge is 0.160 e. The zero-order valence-electron chi connectivity index (χ0n) is 28.6. The maximum atomic E-state index is 5.36. The van der Waals surface area contributed by atoms with E-state index in [1.165, 1.54) is 37.0 Å². The van der Waals surface area contributed by atoms with Crippen LogP contribution in [0.2, 0.25) is 0 Å². The van der Waals surface area contributed by atoms with E-state index in [1.807, 2.05) is 41.7 Å². The molecule has 0 atom stereocenters. The van der Waals surface area contributed by atoms with Crippen LogP contribution in [0.25, 0.3) is 98.5 Å². The van der Waals surface area contributed by atoms with Crippen LogP contribution in [0.5, 0.6) is 0 Å². The zero-order valence-corrected chi connectivity index (χ0v) is 29.5. The van der Waals surface area contributed by atoms with Crippen molar-refractivity contribution in [1.29, 1.82) is 0 Å². The first-order valence-electron chi connectivity index (χ1n) is 17.8. The van der Waals surface area contributed by atoms with Gasteiger partial charge in [-0.15, -0.1) is 11.3 Å². The van der Waals surface area contributed by atoms with E-state index in [9.17, 15) is 0 Å². The molecule has 10 aromatic rings. The molecule has 0 radical (unpaired) electrons. The van der Waals surface area contributed by atoms with Crippen molar-refractivity contribution in [2.75, 3.05) is 0 Å². The number of fused-ring (bicyclic) bond motifs is 4. The van der Waals surface area contributed by atoms with Crippen LogP contribution in [-0.4, -0.2) is 15.0 Å². The molecule has 0 unspecified atom stereocenters. The summed E-state index contributed by atoms with van der Waals surface area (Å²) in [5.41, 5.74) is 13.0. The summed E-state index contributed by atoms with van der Waals surface area (Å²) in [7, 11) is 0. The van der Waals surface area contributed by atoms with Gasteiger partial charge in [0.15, 0.2) is 5.82 Å². The summed E-state index contributed by atoms with van der Waals surface area (Å²) in [6.45, 7) is 0. The molecule has 3 aromatic heterocycles. The Labute approximate surface area is 311 Å². The third kappa shape index (κ3) is 5.57. The van der Waals surface area contributed by atoms with Gasteiger partial charge in [-0.2, -0.15) is 0 Å². The first-order chi connectivity index (χ1) is 26.3. The van der Waals surface area contributed by atoms with Crippen molar-refractivity contribution in [3.05, 3.63) is 188 Å². The van der Waals surface area contributed by atoms with E-state index in [1.54, 1.807) is 0 Å². The Kier molecular flexibility index (Phi) is 7.67. The van der Waals surface area contributed by atoms with Crippen LogP contribution in [-0.2, 0) is 0 Å². The molecular formula is C49H31N3S. The number of benzene rings is 7. The average Bonchev–Trinajstić information content (AvgIpc) is 3.65. The van der Waals surface area contributed by atoms with Gasteiger partial charge in [0.05, 0.1) is 22.4 Å². The summed E-state index contributed by atoms with van der Waals surface area (Å²) in [5, 5.41) is 3.42. The zero-order chi connectivity index (χ0) is 35.1. The number of nitrogens with zero attached hydrogens (tertiary/aromatic N) is 3. The van der Waals surface area contributed by atoms with E-state index in [-0.39, 0.29) is 0 Å². The third-order valence-corrected chi connectivity index (χ3v) is 11.2. The van der Waals surface area contributed by atoms with E-state index in [0.717, 1.165) is 61.4 Å². The molecule has 10 rings (SSSR count). The highest BCUT2D eigenvalue weighted by atomic mass is 32.1. The molecule has 0 spiro atoms. The van der Waals surface area contributed by atoms with Gasteiger partial charge in [0, 0.05) is 48.0 Å². The minimum Gasteiger partial charge on any atom is -0.247 e. The van der Waals surface area contributed by atoms with Crippen LogP contribution in [0, 0.1) is 0 Å². The van der Waals surface area contributed by atoms with Crippen molar-refractivity contribution in [2.24, 2.45) is 0 Å². The Morgan fingerprint density at radius 1 is 0.321 bits per heavy atom. The summed E-state index contributed by atoms with van der Waals surface area (Å²) in [4.78, 5) is 16.6. The fourth-order valence-electron chi connectivity index (χ4n) is 7.32. The highest BCUT2D eigenvalue weighted by molar-refractivity contribution is 7.24. The van der Waals surface area contributed by atoms with Gasteiger partial charge in [-0.1, -0.05) is 176 Å². The van der Waals surface area contributed by atoms with Crippen LogP contribution in [0.15, 0.2) is 188 Å². The average molecular weight is 694 g/mol. The number of hydrogen-bond acceptors (Lipinski definition) is 4. The molecule has 0 aliphatic carbocycles. The van der Waals surface area contributed by atoms with Gasteiger partial charge in [-0.05, 0) is 34.4 Å². The Balaban J connectivity index is 1.07. The van der Waals surface area contributed by atoms with Crippen LogP contribution in [0.4, 0.5) is 0 Å². The second-order valence-corrected chi connectivity index (χ2v) is 14.2. The largest absolute Gasteiger partial charge is 0.247 e. The summed E-state index contributed by atoms with van der Waals surface area (Å²) in [6.07, 6.45) is 0. The summed E-state index contributed by atoms with van der Waals surface area (Å²) < 4.78 is 1.26. The van der Waals surface area contributed by atoms with Gasteiger partial charge in [-0.3, -0.25) is 0 Å². The van der Waals surface area contributed by atoms with Gasteiger partial charge in [-0.25, -0.2) is 15.0 Å². The molecule has 3 nitrogen and oxygen atoms in total. The number of aromatic nitrogens is 3. The predicted octanol–water partition coefficient (Wildman–Crippen LogP) is 13.4. The predicted molar refractivity (Wildman–Crippen MR) is 223 cm³/mol. The molecule has 0 saturated heterocycles. The standard InChI is InChI=1S/C49H31N3S/c1-4-14-34(15-5-1)43-44-46(50-42-23-13-11-21-40(42)48(44)53-47(43)37-16-6-2-7-17-37)36-30-26-33(27-31-36)32-24-28-35(29-25-32)45-39-20-10-12-22-41(39)51-49(52-45)38-18-8-3-9-19-38/h1-31H. The van der Waals surface area contributed by atoms with Crippen molar-refractivity contribution in [3.8, 4) is 66.6 Å². The normalized spacial score (nSPS) is 11.4. The van der Waals surface area contributed by atoms with E-state index in [4.69, 9.17) is 15.0 Å². The Bertz CT molecular complexity index is 2900. The highest BCUT2D eigenvalue weighted by Gasteiger charge is 2.22. The van der Waals surface area contributed by atoms with Crippen molar-refractivity contribution >= 4 is 43.2 Å². The lowest BCUT2D eigenvalue weighted by Gasteiger charge is -2.12. The summed E-state index contributed by atoms with van der Waals surface area (Å²) in [5.74, 6) is 0.729. The van der Waals surface area contributed by atoms with Gasteiger partial charge in [0.2, 0.25) is 0 Å². The van der Waals surface area contributed by atoms with E-state index in [0.29, 0.717) is 0 Å². The van der Waals surface area contributed by atoms with E-state index >= 15 is 0 Å². The second kappa shape index (κ2) is 13.1. The van der Waals surface area contributed by atoms with Crippen molar-refractivity contribution in [2.45, 2.75) is 0 Å². The molecule has 0 bridgehead atoms. The molecule has 0 N–H and O–H groups in total. The van der Waals surface area contributed by atoms with E-state index < -0.39 is 0 Å². The molecule has 0 fully saturated rings. The minimum atomic E-state index is 0.729. The highest BCUT2D eigenvalue weighted by Crippen LogP contribution is 2.50. The fourth-order valence-corrected chi connectivity index (χ4v) is 8.69. The summed E-state index contributed by atoms with van der Waals surface area (Å²) in [6, 6.07) is 66.0. The molecule has 7 aromatic carbocycles. The Morgan fingerprint density at radius 3 is 1.42 bits per heavy atom. The fraction of sp³-hybridized carbons (Fsp3) is 0. The molecular weight excluding hydrogens is 663 g/mol. The van der Waals surface area contributed by atoms with Crippen molar-refractivity contribution < 1.29 is 0 Å². The monoisotopic (exact) mass is 693 g/mol. The van der Waals surface area contributed by atoms with Crippen LogP contribution in [0.1, 0.15) is 0 Å². The molecule has 53 heavy (non-hydrogen) atoms. The van der Waals surface area contributed by atoms with Crippen LogP contribution in [0.3, 0.4) is 0 Å². The first kappa shape index (κ1) is 31.0. The third-order valence-electron chi connectivity index (χ3n) is 9.91. The van der Waals surface area contributed by atoms with Crippen molar-refractivity contribution in [1.82, 2.24) is 15.0 Å². The molecule has 248 valence electrons. The number of para-hydroxylation sites is 2. The number of hydrogen-bond donors (Lipinski definition) is 0. The van der Waals surface area contributed by atoms with Crippen molar-refractivity contribution in [3.63, 3.8) is 0 Å². The second-order valence-electron chi connectivity index (χ2n) is 13.2. The topological polar surface area (TPSA) is 38.7 Å². The molecule has 0 aliphatic rings. The van der Waals surface area contributed by atoms with Gasteiger partial charge in [0.1, 0.15) is 0 Å². The van der Waals surface area contributed by atoms with E-state index in [2.05, 4.69) is 158 Å². The SMILES string of the molecule is c1ccc(-c2nc(-c3ccc(-c4ccc(-c5nc6ccccc6c6sc(-c7ccccc7)c(-c7ccccc7)c56)cc4)cc3)c3ccccc3n2)cc1. The maximum absolute atomic E-state index is 5.36. The van der Waals surface area contributed by atoms with Gasteiger partial charge < -0.3 is 0 Å². The molecule has 3 heterocycles. The Hall–Kier alpha value is -6.75. The Morgan fingerprint density at radius 2 is 0.792 bits per heavy atom. The number of rotatable bonds is 6.